The molecule has 0 spiro atoms. The largest absolute Gasteiger partial charge is 0.475 e. The third-order valence-electron chi connectivity index (χ3n) is 5.14. The van der Waals surface area contributed by atoms with E-state index in [1.54, 1.807) is 6.20 Å². The number of aliphatic imine (C=N–C) groups is 1. The fraction of sp³-hybridized carbons (Fsp3) is 0.750. The Kier molecular flexibility index (Phi) is 12.3. The summed E-state index contributed by atoms with van der Waals surface area (Å²) in [5, 5.41) is 6.69. The van der Waals surface area contributed by atoms with Gasteiger partial charge in [-0.25, -0.2) is 9.98 Å². The summed E-state index contributed by atoms with van der Waals surface area (Å²) in [7, 11) is 0. The number of nitrogens with zero attached hydrogens (tertiary/aromatic N) is 2. The Bertz CT molecular complexity index is 633. The maximum absolute atomic E-state index is 5.95. The summed E-state index contributed by atoms with van der Waals surface area (Å²) in [5.41, 5.74) is 1.08. The molecule has 1 unspecified atom stereocenters. The van der Waals surface area contributed by atoms with Crippen LogP contribution in [0, 0.1) is 11.8 Å². The van der Waals surface area contributed by atoms with Gasteiger partial charge in [0.15, 0.2) is 5.96 Å². The van der Waals surface area contributed by atoms with E-state index < -0.39 is 0 Å². The van der Waals surface area contributed by atoms with E-state index in [9.17, 15) is 0 Å². The van der Waals surface area contributed by atoms with E-state index in [4.69, 9.17) is 19.2 Å². The van der Waals surface area contributed by atoms with Crippen LogP contribution in [0.1, 0.15) is 58.9 Å². The molecular weight excluding hydrogens is 392 g/mol. The van der Waals surface area contributed by atoms with Crippen LogP contribution in [0.25, 0.3) is 0 Å². The van der Waals surface area contributed by atoms with Crippen LogP contribution in [0.3, 0.4) is 0 Å². The molecule has 176 valence electrons. The molecule has 1 atom stereocenters. The highest BCUT2D eigenvalue weighted by Crippen LogP contribution is 2.16. The number of nitrogens with one attached hydrogen (secondary N) is 2. The van der Waals surface area contributed by atoms with Gasteiger partial charge in [0.05, 0.1) is 12.6 Å². The van der Waals surface area contributed by atoms with Crippen LogP contribution in [0.15, 0.2) is 23.3 Å². The van der Waals surface area contributed by atoms with Gasteiger partial charge in [-0.15, -0.1) is 0 Å². The first-order chi connectivity index (χ1) is 15.1. The van der Waals surface area contributed by atoms with Gasteiger partial charge in [0.25, 0.3) is 0 Å². The predicted molar refractivity (Wildman–Crippen MR) is 126 cm³/mol. The van der Waals surface area contributed by atoms with E-state index in [1.165, 1.54) is 0 Å². The SMILES string of the molecule is CCNC(=NCc1ccnc(OC(C)CC(C)C)c1)NCCCOCC1CCOCC1. The van der Waals surface area contributed by atoms with Crippen LogP contribution in [0.2, 0.25) is 0 Å². The fourth-order valence-electron chi connectivity index (χ4n) is 3.59. The van der Waals surface area contributed by atoms with Crippen molar-refractivity contribution in [2.45, 2.75) is 66.0 Å². The average molecular weight is 435 g/mol. The second-order valence-electron chi connectivity index (χ2n) is 8.67. The molecule has 31 heavy (non-hydrogen) atoms. The number of hydrogen-bond acceptors (Lipinski definition) is 5. The Labute approximate surface area is 188 Å². The highest BCUT2D eigenvalue weighted by atomic mass is 16.5. The molecule has 7 heteroatoms. The van der Waals surface area contributed by atoms with E-state index >= 15 is 0 Å². The molecule has 0 bridgehead atoms. The van der Waals surface area contributed by atoms with E-state index in [1.807, 2.05) is 12.1 Å². The maximum Gasteiger partial charge on any atom is 0.213 e. The Morgan fingerprint density at radius 2 is 2.06 bits per heavy atom. The Morgan fingerprint density at radius 3 is 2.81 bits per heavy atom. The fourth-order valence-corrected chi connectivity index (χ4v) is 3.59. The molecule has 0 amide bonds. The quantitative estimate of drug-likeness (QED) is 0.279. The third kappa shape index (κ3) is 11.4. The molecule has 7 nitrogen and oxygen atoms in total. The lowest BCUT2D eigenvalue weighted by molar-refractivity contribution is 0.0203. The van der Waals surface area contributed by atoms with Gasteiger partial charge in [0, 0.05) is 51.8 Å². The molecule has 1 aliphatic heterocycles. The second kappa shape index (κ2) is 15.0. The van der Waals surface area contributed by atoms with Gasteiger partial charge < -0.3 is 24.8 Å². The van der Waals surface area contributed by atoms with Gasteiger partial charge in [0.2, 0.25) is 5.88 Å². The summed E-state index contributed by atoms with van der Waals surface area (Å²) in [6, 6.07) is 3.96. The van der Waals surface area contributed by atoms with E-state index in [0.717, 1.165) is 76.7 Å². The first-order valence-electron chi connectivity index (χ1n) is 11.9. The summed E-state index contributed by atoms with van der Waals surface area (Å²) in [5.74, 6) is 2.74. The normalized spacial score (nSPS) is 16.4. The molecule has 2 heterocycles. The van der Waals surface area contributed by atoms with Crippen molar-refractivity contribution in [3.05, 3.63) is 23.9 Å². The van der Waals surface area contributed by atoms with Crippen LogP contribution in [-0.2, 0) is 16.0 Å². The van der Waals surface area contributed by atoms with Gasteiger partial charge in [-0.2, -0.15) is 0 Å². The highest BCUT2D eigenvalue weighted by Gasteiger charge is 2.13. The van der Waals surface area contributed by atoms with Gasteiger partial charge >= 0.3 is 0 Å². The minimum Gasteiger partial charge on any atom is -0.475 e. The molecule has 1 aromatic rings. The summed E-state index contributed by atoms with van der Waals surface area (Å²) in [6.45, 7) is 14.2. The lowest BCUT2D eigenvalue weighted by Gasteiger charge is -2.21. The Balaban J connectivity index is 1.71. The van der Waals surface area contributed by atoms with Crippen molar-refractivity contribution in [2.75, 3.05) is 39.5 Å². The number of hydrogen-bond donors (Lipinski definition) is 2. The van der Waals surface area contributed by atoms with Crippen LogP contribution >= 0.6 is 0 Å². The van der Waals surface area contributed by atoms with E-state index in [0.29, 0.717) is 24.3 Å². The lowest BCUT2D eigenvalue weighted by atomic mass is 10.0. The van der Waals surface area contributed by atoms with E-state index in [2.05, 4.69) is 43.3 Å². The maximum atomic E-state index is 5.95. The van der Waals surface area contributed by atoms with Crippen molar-refractivity contribution in [2.24, 2.45) is 16.8 Å². The van der Waals surface area contributed by atoms with Crippen molar-refractivity contribution in [1.29, 1.82) is 0 Å². The molecule has 1 fully saturated rings. The first-order valence-corrected chi connectivity index (χ1v) is 11.9. The first kappa shape index (κ1) is 25.4. The van der Waals surface area contributed by atoms with Crippen molar-refractivity contribution < 1.29 is 14.2 Å². The summed E-state index contributed by atoms with van der Waals surface area (Å²) < 4.78 is 17.2. The van der Waals surface area contributed by atoms with Crippen molar-refractivity contribution in [1.82, 2.24) is 15.6 Å². The highest BCUT2D eigenvalue weighted by molar-refractivity contribution is 5.79. The second-order valence-corrected chi connectivity index (χ2v) is 8.67. The minimum absolute atomic E-state index is 0.152. The van der Waals surface area contributed by atoms with E-state index in [-0.39, 0.29) is 6.10 Å². The molecule has 1 aromatic heterocycles. The molecule has 1 saturated heterocycles. The van der Waals surface area contributed by atoms with Crippen molar-refractivity contribution in [3.8, 4) is 5.88 Å². The van der Waals surface area contributed by atoms with Crippen LogP contribution in [0.5, 0.6) is 5.88 Å². The number of aromatic nitrogens is 1. The summed E-state index contributed by atoms with van der Waals surface area (Å²) >= 11 is 0. The molecule has 0 saturated carbocycles. The third-order valence-corrected chi connectivity index (χ3v) is 5.14. The van der Waals surface area contributed by atoms with Crippen LogP contribution in [-0.4, -0.2) is 56.6 Å². The Morgan fingerprint density at radius 1 is 1.26 bits per heavy atom. The molecule has 0 aromatic carbocycles. The number of rotatable bonds is 13. The van der Waals surface area contributed by atoms with Gasteiger partial charge in [-0.1, -0.05) is 13.8 Å². The minimum atomic E-state index is 0.152. The summed E-state index contributed by atoms with van der Waals surface area (Å²) in [6.07, 6.45) is 6.14. The van der Waals surface area contributed by atoms with Crippen LogP contribution in [0.4, 0.5) is 0 Å². The monoisotopic (exact) mass is 434 g/mol. The summed E-state index contributed by atoms with van der Waals surface area (Å²) in [4.78, 5) is 9.04. The predicted octanol–water partition coefficient (Wildman–Crippen LogP) is 3.78. The van der Waals surface area contributed by atoms with Gasteiger partial charge in [-0.05, 0) is 63.0 Å². The average Bonchev–Trinajstić information content (AvgIpc) is 2.74. The van der Waals surface area contributed by atoms with Crippen LogP contribution < -0.4 is 15.4 Å². The molecule has 2 N–H and O–H groups in total. The van der Waals surface area contributed by atoms with Crippen molar-refractivity contribution >= 4 is 5.96 Å². The van der Waals surface area contributed by atoms with Gasteiger partial charge in [-0.3, -0.25) is 0 Å². The number of pyridine rings is 1. The zero-order chi connectivity index (χ0) is 22.3. The van der Waals surface area contributed by atoms with Gasteiger partial charge in [0.1, 0.15) is 0 Å². The smallest absolute Gasteiger partial charge is 0.213 e. The number of ether oxygens (including phenoxy) is 3. The topological polar surface area (TPSA) is 77.0 Å². The number of guanidine groups is 1. The molecule has 0 radical (unpaired) electrons. The molecule has 1 aliphatic rings. The molecule has 2 rings (SSSR count). The lowest BCUT2D eigenvalue weighted by Crippen LogP contribution is -2.38. The molecular formula is C24H42N4O3. The molecule has 0 aliphatic carbocycles. The van der Waals surface area contributed by atoms with Crippen molar-refractivity contribution in [3.63, 3.8) is 0 Å². The zero-order valence-electron chi connectivity index (χ0n) is 19.9. The standard InChI is InChI=1S/C24H42N4O3/c1-5-25-24(27-10-6-12-30-18-21-8-13-29-14-9-21)28-17-22-7-11-26-23(16-22)31-20(4)15-19(2)3/h7,11,16,19-21H,5-6,8-10,12-15,17-18H2,1-4H3,(H2,25,27,28). The zero-order valence-corrected chi connectivity index (χ0v) is 19.9. The Hall–Kier alpha value is -1.86.